The van der Waals surface area contributed by atoms with E-state index in [0.29, 0.717) is 11.3 Å². The van der Waals surface area contributed by atoms with Crippen molar-refractivity contribution in [3.63, 3.8) is 0 Å². The monoisotopic (exact) mass is 238 g/mol. The number of hydrogen-bond donors (Lipinski definition) is 0. The summed E-state index contributed by atoms with van der Waals surface area (Å²) in [5, 5.41) is 4.95. The molecule has 0 aliphatic rings. The second kappa shape index (κ2) is 3.90. The molecule has 16 heavy (non-hydrogen) atoms. The van der Waals surface area contributed by atoms with Crippen molar-refractivity contribution in [1.29, 1.82) is 0 Å². The van der Waals surface area contributed by atoms with Crippen LogP contribution in [0.4, 0.5) is 0 Å². The van der Waals surface area contributed by atoms with E-state index in [0.717, 1.165) is 10.9 Å². The average Bonchev–Trinajstić information content (AvgIpc) is 2.60. The number of aryl methyl sites for hydroxylation is 1. The zero-order chi connectivity index (χ0) is 11.8. The topological polar surface area (TPSA) is 52.0 Å². The Morgan fingerprint density at radius 2 is 2.12 bits per heavy atom. The highest BCUT2D eigenvalue weighted by Gasteiger charge is 2.14. The maximum Gasteiger partial charge on any atom is 0.178 e. The zero-order valence-electron chi connectivity index (χ0n) is 9.34. The Labute approximate surface area is 94.8 Å². The van der Waals surface area contributed by atoms with Gasteiger partial charge in [0, 0.05) is 12.4 Å². The SMILES string of the molecule is CCCS(=O)(=O)c1ccc2c(cnn2C)c1. The van der Waals surface area contributed by atoms with Crippen molar-refractivity contribution in [2.75, 3.05) is 5.75 Å². The van der Waals surface area contributed by atoms with Gasteiger partial charge in [0.05, 0.1) is 22.4 Å². The lowest BCUT2D eigenvalue weighted by Crippen LogP contribution is -2.05. The maximum absolute atomic E-state index is 11.9. The minimum Gasteiger partial charge on any atom is -0.268 e. The average molecular weight is 238 g/mol. The molecule has 0 atom stereocenters. The number of hydrogen-bond acceptors (Lipinski definition) is 3. The normalized spacial score (nSPS) is 12.1. The number of fused-ring (bicyclic) bond motifs is 1. The number of benzene rings is 1. The standard InChI is InChI=1S/C11H14N2O2S/c1-3-6-16(14,15)10-4-5-11-9(7-10)8-12-13(11)2/h4-5,7-8H,3,6H2,1-2H3. The van der Waals surface area contributed by atoms with Crippen LogP contribution in [0.15, 0.2) is 29.3 Å². The smallest absolute Gasteiger partial charge is 0.178 e. The third kappa shape index (κ3) is 1.82. The summed E-state index contributed by atoms with van der Waals surface area (Å²) >= 11 is 0. The van der Waals surface area contributed by atoms with Gasteiger partial charge in [-0.3, -0.25) is 4.68 Å². The molecule has 0 aliphatic carbocycles. The number of aromatic nitrogens is 2. The molecule has 1 aromatic carbocycles. The molecule has 0 fully saturated rings. The van der Waals surface area contributed by atoms with Gasteiger partial charge < -0.3 is 0 Å². The molecule has 1 aromatic heterocycles. The van der Waals surface area contributed by atoms with E-state index in [-0.39, 0.29) is 5.75 Å². The summed E-state index contributed by atoms with van der Waals surface area (Å²) in [7, 11) is -1.29. The van der Waals surface area contributed by atoms with Gasteiger partial charge >= 0.3 is 0 Å². The minimum atomic E-state index is -3.13. The molecule has 2 aromatic rings. The number of rotatable bonds is 3. The summed E-state index contributed by atoms with van der Waals surface area (Å²) in [6.45, 7) is 1.86. The predicted octanol–water partition coefficient (Wildman–Crippen LogP) is 1.76. The molecule has 0 aliphatic heterocycles. The van der Waals surface area contributed by atoms with Crippen LogP contribution in [0.3, 0.4) is 0 Å². The van der Waals surface area contributed by atoms with Crippen molar-refractivity contribution >= 4 is 20.7 Å². The highest BCUT2D eigenvalue weighted by Crippen LogP contribution is 2.19. The Kier molecular flexibility index (Phi) is 2.71. The summed E-state index contributed by atoms with van der Waals surface area (Å²) in [4.78, 5) is 0.384. The number of sulfone groups is 1. The third-order valence-corrected chi connectivity index (χ3v) is 4.47. The molecular weight excluding hydrogens is 224 g/mol. The molecule has 0 saturated carbocycles. The Bertz CT molecular complexity index is 614. The van der Waals surface area contributed by atoms with E-state index in [1.54, 1.807) is 29.1 Å². The molecule has 0 bridgehead atoms. The van der Waals surface area contributed by atoms with Gasteiger partial charge in [0.2, 0.25) is 0 Å². The van der Waals surface area contributed by atoms with Crippen LogP contribution in [0, 0.1) is 0 Å². The molecule has 4 nitrogen and oxygen atoms in total. The lowest BCUT2D eigenvalue weighted by Gasteiger charge is -2.02. The van der Waals surface area contributed by atoms with E-state index in [9.17, 15) is 8.42 Å². The van der Waals surface area contributed by atoms with Crippen LogP contribution in [0.5, 0.6) is 0 Å². The van der Waals surface area contributed by atoms with Crippen molar-refractivity contribution < 1.29 is 8.42 Å². The molecule has 5 heteroatoms. The van der Waals surface area contributed by atoms with Crippen LogP contribution in [0.2, 0.25) is 0 Å². The second-order valence-corrected chi connectivity index (χ2v) is 5.92. The quantitative estimate of drug-likeness (QED) is 0.818. The molecule has 2 rings (SSSR count). The van der Waals surface area contributed by atoms with E-state index in [1.165, 1.54) is 0 Å². The van der Waals surface area contributed by atoms with Gasteiger partial charge in [0.1, 0.15) is 0 Å². The van der Waals surface area contributed by atoms with E-state index in [1.807, 2.05) is 14.0 Å². The van der Waals surface area contributed by atoms with E-state index in [4.69, 9.17) is 0 Å². The number of nitrogens with zero attached hydrogens (tertiary/aromatic N) is 2. The highest BCUT2D eigenvalue weighted by atomic mass is 32.2. The summed E-state index contributed by atoms with van der Waals surface area (Å²) in [5.41, 5.74) is 0.940. The van der Waals surface area contributed by atoms with Crippen LogP contribution in [-0.2, 0) is 16.9 Å². The highest BCUT2D eigenvalue weighted by molar-refractivity contribution is 7.91. The van der Waals surface area contributed by atoms with Crippen molar-refractivity contribution in [2.45, 2.75) is 18.2 Å². The molecule has 0 radical (unpaired) electrons. The van der Waals surface area contributed by atoms with Crippen molar-refractivity contribution in [3.05, 3.63) is 24.4 Å². The lowest BCUT2D eigenvalue weighted by atomic mass is 10.2. The van der Waals surface area contributed by atoms with Crippen LogP contribution in [-0.4, -0.2) is 24.0 Å². The van der Waals surface area contributed by atoms with Crippen LogP contribution < -0.4 is 0 Å². The molecule has 1 heterocycles. The second-order valence-electron chi connectivity index (χ2n) is 3.81. The van der Waals surface area contributed by atoms with E-state index in [2.05, 4.69) is 5.10 Å². The first-order valence-corrected chi connectivity index (χ1v) is 6.84. The fourth-order valence-electron chi connectivity index (χ4n) is 1.72. The van der Waals surface area contributed by atoms with Gasteiger partial charge in [-0.15, -0.1) is 0 Å². The first kappa shape index (κ1) is 11.1. The Morgan fingerprint density at radius 1 is 1.38 bits per heavy atom. The van der Waals surface area contributed by atoms with Crippen molar-refractivity contribution in [1.82, 2.24) is 9.78 Å². The fourth-order valence-corrected chi connectivity index (χ4v) is 3.08. The third-order valence-electron chi connectivity index (χ3n) is 2.55. The molecule has 0 amide bonds. The first-order valence-electron chi connectivity index (χ1n) is 5.19. The van der Waals surface area contributed by atoms with E-state index >= 15 is 0 Å². The Morgan fingerprint density at radius 3 is 2.81 bits per heavy atom. The van der Waals surface area contributed by atoms with Gasteiger partial charge in [0.25, 0.3) is 0 Å². The predicted molar refractivity (Wildman–Crippen MR) is 63.1 cm³/mol. The molecule has 0 N–H and O–H groups in total. The molecule has 0 unspecified atom stereocenters. The van der Waals surface area contributed by atoms with Gasteiger partial charge in [-0.1, -0.05) is 6.92 Å². The Balaban J connectivity index is 2.55. The van der Waals surface area contributed by atoms with Crippen molar-refractivity contribution in [3.8, 4) is 0 Å². The van der Waals surface area contributed by atoms with E-state index < -0.39 is 9.84 Å². The van der Waals surface area contributed by atoms with Crippen LogP contribution >= 0.6 is 0 Å². The largest absolute Gasteiger partial charge is 0.268 e. The fraction of sp³-hybridized carbons (Fsp3) is 0.364. The van der Waals surface area contributed by atoms with Gasteiger partial charge in [-0.05, 0) is 24.6 Å². The van der Waals surface area contributed by atoms with Gasteiger partial charge in [-0.25, -0.2) is 8.42 Å². The lowest BCUT2D eigenvalue weighted by molar-refractivity contribution is 0.595. The van der Waals surface area contributed by atoms with Gasteiger partial charge in [-0.2, -0.15) is 5.10 Å². The Hall–Kier alpha value is -1.36. The zero-order valence-corrected chi connectivity index (χ0v) is 10.2. The molecular formula is C11H14N2O2S. The van der Waals surface area contributed by atoms with Gasteiger partial charge in [0.15, 0.2) is 9.84 Å². The summed E-state index contributed by atoms with van der Waals surface area (Å²) in [6, 6.07) is 5.13. The molecule has 86 valence electrons. The molecule has 0 spiro atoms. The summed E-state index contributed by atoms with van der Waals surface area (Å²) in [5.74, 6) is 0.193. The summed E-state index contributed by atoms with van der Waals surface area (Å²) < 4.78 is 25.4. The molecule has 0 saturated heterocycles. The first-order chi connectivity index (χ1) is 7.54. The summed E-state index contributed by atoms with van der Waals surface area (Å²) in [6.07, 6.45) is 2.31. The van der Waals surface area contributed by atoms with Crippen LogP contribution in [0.1, 0.15) is 13.3 Å². The minimum absolute atomic E-state index is 0.193. The maximum atomic E-state index is 11.9. The van der Waals surface area contributed by atoms with Crippen LogP contribution in [0.25, 0.3) is 10.9 Å². The van der Waals surface area contributed by atoms with Crippen molar-refractivity contribution in [2.24, 2.45) is 7.05 Å².